The Balaban J connectivity index is 2.86. The van der Waals surface area contributed by atoms with Crippen LogP contribution in [0.2, 0.25) is 0 Å². The molecule has 1 rings (SSSR count). The van der Waals surface area contributed by atoms with Crippen molar-refractivity contribution in [3.8, 4) is 12.3 Å². The maximum Gasteiger partial charge on any atom is 0.281 e. The molecule has 1 aromatic heterocycles. The van der Waals surface area contributed by atoms with Gasteiger partial charge in [0, 0.05) is 24.1 Å². The largest absolute Gasteiger partial charge is 0.281 e. The van der Waals surface area contributed by atoms with Crippen LogP contribution in [-0.4, -0.2) is 8.75 Å². The van der Waals surface area contributed by atoms with Gasteiger partial charge in [-0.05, 0) is 0 Å². The van der Waals surface area contributed by atoms with Crippen molar-refractivity contribution in [3.05, 3.63) is 16.0 Å². The molecule has 0 spiro atoms. The van der Waals surface area contributed by atoms with Gasteiger partial charge in [-0.3, -0.25) is 9.17 Å². The molecular formula is C7H8N2OS. The van der Waals surface area contributed by atoms with Crippen molar-refractivity contribution in [1.29, 1.82) is 0 Å². The minimum atomic E-state index is -0.113. The van der Waals surface area contributed by atoms with Gasteiger partial charge in [-0.15, -0.1) is 12.3 Å². The first kappa shape index (κ1) is 8.02. The zero-order valence-electron chi connectivity index (χ0n) is 6.13. The van der Waals surface area contributed by atoms with E-state index in [1.807, 2.05) is 6.92 Å². The van der Waals surface area contributed by atoms with Crippen molar-refractivity contribution < 1.29 is 0 Å². The quantitative estimate of drug-likeness (QED) is 0.668. The molecule has 0 amide bonds. The van der Waals surface area contributed by atoms with Gasteiger partial charge in [0.15, 0.2) is 0 Å². The van der Waals surface area contributed by atoms with Crippen molar-refractivity contribution in [1.82, 2.24) is 8.75 Å². The Labute approximate surface area is 68.8 Å². The average molecular weight is 168 g/mol. The second-order valence-corrected chi connectivity index (χ2v) is 2.88. The van der Waals surface area contributed by atoms with E-state index >= 15 is 0 Å². The summed E-state index contributed by atoms with van der Waals surface area (Å²) in [5.41, 5.74) is 0.436. The predicted octanol–water partition coefficient (Wildman–Crippen LogP) is 0.958. The van der Waals surface area contributed by atoms with Crippen LogP contribution < -0.4 is 5.56 Å². The van der Waals surface area contributed by atoms with Crippen LogP contribution in [0.15, 0.2) is 4.79 Å². The molecule has 0 aliphatic carbocycles. The van der Waals surface area contributed by atoms with Crippen LogP contribution in [0.1, 0.15) is 25.0 Å². The topological polar surface area (TPSA) is 45.8 Å². The van der Waals surface area contributed by atoms with Crippen LogP contribution in [0, 0.1) is 12.3 Å². The molecular weight excluding hydrogens is 160 g/mol. The van der Waals surface area contributed by atoms with Crippen molar-refractivity contribution >= 4 is 11.7 Å². The highest BCUT2D eigenvalue weighted by molar-refractivity contribution is 6.99. The molecule has 0 saturated carbocycles. The normalized spacial score (nSPS) is 12.4. The highest BCUT2D eigenvalue weighted by Crippen LogP contribution is 2.11. The number of H-pyrrole nitrogens is 1. The van der Waals surface area contributed by atoms with E-state index in [0.29, 0.717) is 12.1 Å². The number of terminal acetylenes is 1. The standard InChI is InChI=1S/C7H8N2OS/c1-3-4-5(2)6-7(10)9-11-8-6/h1,5H,4H2,2H3,(H,9,10)/t5-/m1/s1. The summed E-state index contributed by atoms with van der Waals surface area (Å²) >= 11 is 1.06. The van der Waals surface area contributed by atoms with Crippen LogP contribution >= 0.6 is 11.7 Å². The Morgan fingerprint density at radius 3 is 3.09 bits per heavy atom. The molecule has 3 nitrogen and oxygen atoms in total. The molecule has 0 aliphatic rings. The first-order chi connectivity index (χ1) is 5.25. The third-order valence-electron chi connectivity index (χ3n) is 1.41. The Hall–Kier alpha value is -1.08. The van der Waals surface area contributed by atoms with E-state index in [2.05, 4.69) is 14.7 Å². The third-order valence-corrected chi connectivity index (χ3v) is 1.97. The minimum Gasteiger partial charge on any atom is -0.267 e. The predicted molar refractivity (Wildman–Crippen MR) is 44.6 cm³/mol. The van der Waals surface area contributed by atoms with Crippen LogP contribution in [0.25, 0.3) is 0 Å². The molecule has 0 bridgehead atoms. The Kier molecular flexibility index (Phi) is 2.44. The van der Waals surface area contributed by atoms with Gasteiger partial charge in [-0.1, -0.05) is 6.92 Å². The number of aromatic nitrogens is 2. The average Bonchev–Trinajstić information content (AvgIpc) is 2.36. The molecule has 4 heteroatoms. The Morgan fingerprint density at radius 2 is 2.64 bits per heavy atom. The molecule has 0 unspecified atom stereocenters. The molecule has 11 heavy (non-hydrogen) atoms. The van der Waals surface area contributed by atoms with Gasteiger partial charge in [-0.25, -0.2) is 0 Å². The number of nitrogens with zero attached hydrogens (tertiary/aromatic N) is 1. The lowest BCUT2D eigenvalue weighted by Gasteiger charge is -1.98. The highest BCUT2D eigenvalue weighted by atomic mass is 32.1. The zero-order valence-corrected chi connectivity index (χ0v) is 6.94. The SMILES string of the molecule is C#CC[C@@H](C)c1ns[nH]c1=O. The molecule has 1 atom stereocenters. The van der Waals surface area contributed by atoms with Gasteiger partial charge in [0.1, 0.15) is 5.69 Å². The summed E-state index contributed by atoms with van der Waals surface area (Å²) in [5.74, 6) is 2.56. The number of hydrogen-bond donors (Lipinski definition) is 1. The van der Waals surface area contributed by atoms with Crippen molar-refractivity contribution in [2.45, 2.75) is 19.3 Å². The van der Waals surface area contributed by atoms with Crippen molar-refractivity contribution in [2.75, 3.05) is 0 Å². The molecule has 0 aliphatic heterocycles. The summed E-state index contributed by atoms with van der Waals surface area (Å²) in [6.45, 7) is 1.89. The fourth-order valence-corrected chi connectivity index (χ4v) is 1.39. The van der Waals surface area contributed by atoms with Crippen LogP contribution in [0.5, 0.6) is 0 Å². The number of aromatic amines is 1. The lowest BCUT2D eigenvalue weighted by Crippen LogP contribution is -2.09. The van der Waals surface area contributed by atoms with Gasteiger partial charge in [0.2, 0.25) is 0 Å². The van der Waals surface area contributed by atoms with Gasteiger partial charge in [0.25, 0.3) is 5.56 Å². The summed E-state index contributed by atoms with van der Waals surface area (Å²) in [6, 6.07) is 0. The van der Waals surface area contributed by atoms with E-state index in [1.165, 1.54) is 0 Å². The van der Waals surface area contributed by atoms with Crippen LogP contribution in [0.3, 0.4) is 0 Å². The van der Waals surface area contributed by atoms with Crippen LogP contribution in [-0.2, 0) is 0 Å². The number of hydrogen-bond acceptors (Lipinski definition) is 3. The Bertz CT molecular complexity index is 320. The van der Waals surface area contributed by atoms with Crippen LogP contribution in [0.4, 0.5) is 0 Å². The molecule has 0 saturated heterocycles. The van der Waals surface area contributed by atoms with E-state index in [9.17, 15) is 4.79 Å². The summed E-state index contributed by atoms with van der Waals surface area (Å²) < 4.78 is 6.43. The fraction of sp³-hybridized carbons (Fsp3) is 0.429. The van der Waals surface area contributed by atoms with Crippen molar-refractivity contribution in [3.63, 3.8) is 0 Å². The highest BCUT2D eigenvalue weighted by Gasteiger charge is 2.10. The minimum absolute atomic E-state index is 0.0648. The lowest BCUT2D eigenvalue weighted by molar-refractivity contribution is 0.765. The summed E-state index contributed by atoms with van der Waals surface area (Å²) in [6.07, 6.45) is 5.66. The molecule has 1 heterocycles. The van der Waals surface area contributed by atoms with E-state index < -0.39 is 0 Å². The van der Waals surface area contributed by atoms with Crippen molar-refractivity contribution in [2.24, 2.45) is 0 Å². The van der Waals surface area contributed by atoms with Gasteiger partial charge >= 0.3 is 0 Å². The molecule has 1 aromatic rings. The van der Waals surface area contributed by atoms with E-state index in [-0.39, 0.29) is 11.5 Å². The van der Waals surface area contributed by atoms with Gasteiger partial charge < -0.3 is 0 Å². The third kappa shape index (κ3) is 1.69. The monoisotopic (exact) mass is 168 g/mol. The Morgan fingerprint density at radius 1 is 1.91 bits per heavy atom. The molecule has 1 N–H and O–H groups in total. The van der Waals surface area contributed by atoms with E-state index in [0.717, 1.165) is 11.7 Å². The summed E-state index contributed by atoms with van der Waals surface area (Å²) in [7, 11) is 0. The molecule has 0 aromatic carbocycles. The smallest absolute Gasteiger partial charge is 0.267 e. The lowest BCUT2D eigenvalue weighted by atomic mass is 10.1. The van der Waals surface area contributed by atoms with Gasteiger partial charge in [0.05, 0.1) is 0 Å². The number of rotatable bonds is 2. The first-order valence-electron chi connectivity index (χ1n) is 3.23. The fourth-order valence-electron chi connectivity index (χ4n) is 0.794. The summed E-state index contributed by atoms with van der Waals surface area (Å²) in [4.78, 5) is 11.0. The molecule has 58 valence electrons. The first-order valence-corrected chi connectivity index (χ1v) is 4.00. The second-order valence-electron chi connectivity index (χ2n) is 2.31. The summed E-state index contributed by atoms with van der Waals surface area (Å²) in [5, 5.41) is 0. The zero-order chi connectivity index (χ0) is 8.27. The molecule has 0 fully saturated rings. The van der Waals surface area contributed by atoms with Gasteiger partial charge in [-0.2, -0.15) is 4.37 Å². The maximum atomic E-state index is 11.0. The maximum absolute atomic E-state index is 11.0. The number of nitrogens with one attached hydrogen (secondary N) is 1. The molecule has 0 radical (unpaired) electrons. The second kappa shape index (κ2) is 3.35. The van der Waals surface area contributed by atoms with E-state index in [1.54, 1.807) is 0 Å². The van der Waals surface area contributed by atoms with E-state index in [4.69, 9.17) is 6.42 Å².